The lowest BCUT2D eigenvalue weighted by Crippen LogP contribution is -2.48. The van der Waals surface area contributed by atoms with E-state index in [1.807, 2.05) is 0 Å². The molecule has 9 nitrogen and oxygen atoms in total. The Morgan fingerprint density at radius 2 is 0.877 bits per heavy atom. The van der Waals surface area contributed by atoms with Crippen LogP contribution in [0.3, 0.4) is 0 Å². The van der Waals surface area contributed by atoms with Gasteiger partial charge in [0.1, 0.15) is 13.2 Å². The van der Waals surface area contributed by atoms with Gasteiger partial charge in [-0.15, -0.1) is 0 Å². The largest absolute Gasteiger partial charge is 0.462 e. The number of piperazine rings is 1. The molecule has 1 amide bonds. The monoisotopic (exact) mass is 804 g/mol. The molecule has 9 heteroatoms. The van der Waals surface area contributed by atoms with E-state index in [0.29, 0.717) is 19.4 Å². The molecule has 0 aromatic heterocycles. The fraction of sp³-hybridized carbons (Fsp3) is 0.854. The first-order chi connectivity index (χ1) is 28.0. The fourth-order valence-electron chi connectivity index (χ4n) is 7.15. The van der Waals surface area contributed by atoms with E-state index in [9.17, 15) is 14.4 Å². The highest BCUT2D eigenvalue weighted by atomic mass is 16.6. The highest BCUT2D eigenvalue weighted by Crippen LogP contribution is 2.13. The van der Waals surface area contributed by atoms with Crippen LogP contribution >= 0.6 is 0 Å². The number of alkyl carbamates (subject to hydrolysis) is 1. The van der Waals surface area contributed by atoms with Gasteiger partial charge in [-0.25, -0.2) is 4.79 Å². The summed E-state index contributed by atoms with van der Waals surface area (Å²) in [5, 5.41) is 2.82. The third-order valence-electron chi connectivity index (χ3n) is 11.0. The van der Waals surface area contributed by atoms with Gasteiger partial charge in [0.2, 0.25) is 0 Å². The maximum absolute atomic E-state index is 12.7. The van der Waals surface area contributed by atoms with Crippen molar-refractivity contribution < 1.29 is 28.6 Å². The molecule has 57 heavy (non-hydrogen) atoms. The fourth-order valence-corrected chi connectivity index (χ4v) is 7.15. The van der Waals surface area contributed by atoms with Gasteiger partial charge in [0.25, 0.3) is 0 Å². The first-order valence-electron chi connectivity index (χ1n) is 24.0. The summed E-state index contributed by atoms with van der Waals surface area (Å²) >= 11 is 0. The molecule has 0 aromatic rings. The number of nitrogens with one attached hydrogen (secondary N) is 1. The Labute approximate surface area is 350 Å². The number of ether oxygens (including phenoxy) is 3. The van der Waals surface area contributed by atoms with Crippen molar-refractivity contribution in [2.45, 2.75) is 207 Å². The lowest BCUT2D eigenvalue weighted by molar-refractivity contribution is -0.152. The molecular formula is C48H89N3O6. The third kappa shape index (κ3) is 35.3. The summed E-state index contributed by atoms with van der Waals surface area (Å²) in [6.07, 6.45) is 39.7. The van der Waals surface area contributed by atoms with Crippen molar-refractivity contribution in [3.05, 3.63) is 24.3 Å². The average molecular weight is 804 g/mol. The highest BCUT2D eigenvalue weighted by Gasteiger charge is 2.20. The Hall–Kier alpha value is -2.39. The number of carbonyl (C=O) groups is 3. The van der Waals surface area contributed by atoms with Crippen LogP contribution in [-0.4, -0.2) is 93.0 Å². The summed E-state index contributed by atoms with van der Waals surface area (Å²) in [5.74, 6) is -0.625. The number of likely N-dealkylation sites (N-methyl/N-ethyl adjacent to an activating group) is 1. The van der Waals surface area contributed by atoms with Crippen LogP contribution in [-0.2, 0) is 23.8 Å². The van der Waals surface area contributed by atoms with Crippen molar-refractivity contribution in [2.75, 3.05) is 59.0 Å². The predicted molar refractivity (Wildman–Crippen MR) is 238 cm³/mol. The Bertz CT molecular complexity index is 941. The summed E-state index contributed by atoms with van der Waals surface area (Å²) in [6, 6.07) is 0. The Balaban J connectivity index is 2.28. The second-order valence-corrected chi connectivity index (χ2v) is 16.3. The number of esters is 2. The van der Waals surface area contributed by atoms with Crippen LogP contribution in [0.5, 0.6) is 0 Å². The molecular weight excluding hydrogens is 715 g/mol. The molecule has 0 unspecified atom stereocenters. The molecule has 0 bridgehead atoms. The summed E-state index contributed by atoms with van der Waals surface area (Å²) in [7, 11) is 0. The second-order valence-electron chi connectivity index (χ2n) is 16.3. The van der Waals surface area contributed by atoms with E-state index in [-0.39, 0.29) is 25.2 Å². The minimum atomic E-state index is -0.853. The molecule has 1 saturated heterocycles. The van der Waals surface area contributed by atoms with E-state index in [1.165, 1.54) is 116 Å². The maximum Gasteiger partial charge on any atom is 0.407 e. The SMILES string of the molecule is CCCCCCCC/C=C\CCCCCCCC(=O)OCC(COC(=O)CCCCCCC/C=C\CCCCCCCC)OC(=O)NCCN1CCN(CC)CC1. The van der Waals surface area contributed by atoms with E-state index in [2.05, 4.69) is 60.2 Å². The number of rotatable bonds is 39. The van der Waals surface area contributed by atoms with Gasteiger partial charge in [-0.1, -0.05) is 148 Å². The zero-order valence-electron chi connectivity index (χ0n) is 37.4. The van der Waals surface area contributed by atoms with Gasteiger partial charge in [-0.2, -0.15) is 0 Å². The molecule has 1 N–H and O–H groups in total. The lowest BCUT2D eigenvalue weighted by Gasteiger charge is -2.33. The summed E-state index contributed by atoms with van der Waals surface area (Å²) in [4.78, 5) is 42.6. The van der Waals surface area contributed by atoms with Gasteiger partial charge in [-0.05, 0) is 70.8 Å². The zero-order valence-corrected chi connectivity index (χ0v) is 37.4. The Morgan fingerprint density at radius 1 is 0.509 bits per heavy atom. The molecule has 0 radical (unpaired) electrons. The van der Waals surface area contributed by atoms with Crippen molar-refractivity contribution in [1.29, 1.82) is 0 Å². The minimum absolute atomic E-state index is 0.128. The highest BCUT2D eigenvalue weighted by molar-refractivity contribution is 5.70. The molecule has 0 spiro atoms. The summed E-state index contributed by atoms with van der Waals surface area (Å²) in [5.41, 5.74) is 0. The topological polar surface area (TPSA) is 97.4 Å². The Kier molecular flexibility index (Phi) is 37.3. The number of nitrogens with zero attached hydrogens (tertiary/aromatic N) is 2. The molecule has 1 rings (SSSR count). The van der Waals surface area contributed by atoms with Gasteiger partial charge in [0.15, 0.2) is 6.10 Å². The maximum atomic E-state index is 12.7. The van der Waals surface area contributed by atoms with Crippen LogP contribution in [0.25, 0.3) is 0 Å². The van der Waals surface area contributed by atoms with Crippen molar-refractivity contribution in [3.8, 4) is 0 Å². The molecule has 0 aromatic carbocycles. The smallest absolute Gasteiger partial charge is 0.407 e. The van der Waals surface area contributed by atoms with E-state index in [1.54, 1.807) is 0 Å². The molecule has 0 atom stereocenters. The van der Waals surface area contributed by atoms with E-state index in [4.69, 9.17) is 14.2 Å². The Morgan fingerprint density at radius 3 is 1.28 bits per heavy atom. The number of allylic oxidation sites excluding steroid dienone is 4. The number of hydrogen-bond donors (Lipinski definition) is 1. The normalized spacial score (nSPS) is 13.9. The van der Waals surface area contributed by atoms with E-state index in [0.717, 1.165) is 90.6 Å². The third-order valence-corrected chi connectivity index (χ3v) is 11.0. The van der Waals surface area contributed by atoms with Crippen LogP contribution < -0.4 is 5.32 Å². The molecule has 0 aliphatic carbocycles. The number of amides is 1. The zero-order chi connectivity index (χ0) is 41.3. The standard InChI is InChI=1S/C48H89N3O6/c1-4-7-9-11-13-15-17-19-21-23-25-27-29-31-33-35-46(52)55-43-45(57-48(54)49-37-38-51-41-39-50(6-3)40-42-51)44-56-47(53)36-34-32-30-28-26-24-22-20-18-16-14-12-10-8-5-2/h19-22,45H,4-18,23-44H2,1-3H3,(H,49,54)/b21-19-,22-20-. The molecule has 1 aliphatic heterocycles. The van der Waals surface area contributed by atoms with Gasteiger partial charge in [0.05, 0.1) is 0 Å². The van der Waals surface area contributed by atoms with Crippen LogP contribution in [0.1, 0.15) is 201 Å². The van der Waals surface area contributed by atoms with Crippen molar-refractivity contribution >= 4 is 18.0 Å². The second kappa shape index (κ2) is 40.4. The minimum Gasteiger partial charge on any atom is -0.462 e. The number of hydrogen-bond acceptors (Lipinski definition) is 8. The number of carbonyl (C=O) groups excluding carboxylic acids is 3. The molecule has 332 valence electrons. The van der Waals surface area contributed by atoms with Gasteiger partial charge in [-0.3, -0.25) is 14.5 Å². The number of unbranched alkanes of at least 4 members (excludes halogenated alkanes) is 22. The van der Waals surface area contributed by atoms with Crippen LogP contribution in [0.2, 0.25) is 0 Å². The van der Waals surface area contributed by atoms with Gasteiger partial charge < -0.3 is 24.4 Å². The van der Waals surface area contributed by atoms with Crippen LogP contribution in [0.15, 0.2) is 24.3 Å². The quantitative estimate of drug-likeness (QED) is 0.0284. The first kappa shape index (κ1) is 52.6. The molecule has 0 saturated carbocycles. The first-order valence-corrected chi connectivity index (χ1v) is 24.0. The van der Waals surface area contributed by atoms with Gasteiger partial charge >= 0.3 is 18.0 Å². The van der Waals surface area contributed by atoms with Crippen molar-refractivity contribution in [2.24, 2.45) is 0 Å². The summed E-state index contributed by atoms with van der Waals surface area (Å²) < 4.78 is 16.6. The van der Waals surface area contributed by atoms with E-state index >= 15 is 0 Å². The molecule has 1 heterocycles. The van der Waals surface area contributed by atoms with Gasteiger partial charge in [0, 0.05) is 52.1 Å². The average Bonchev–Trinajstić information content (AvgIpc) is 3.22. The molecule has 1 aliphatic rings. The summed E-state index contributed by atoms with van der Waals surface area (Å²) in [6.45, 7) is 12.7. The van der Waals surface area contributed by atoms with Crippen LogP contribution in [0.4, 0.5) is 4.79 Å². The van der Waals surface area contributed by atoms with Crippen molar-refractivity contribution in [1.82, 2.24) is 15.1 Å². The lowest BCUT2D eigenvalue weighted by atomic mass is 10.1. The molecule has 1 fully saturated rings. The predicted octanol–water partition coefficient (Wildman–Crippen LogP) is 11.9. The van der Waals surface area contributed by atoms with Crippen LogP contribution in [0, 0.1) is 0 Å². The van der Waals surface area contributed by atoms with E-state index < -0.39 is 12.2 Å². The van der Waals surface area contributed by atoms with Crippen molar-refractivity contribution in [3.63, 3.8) is 0 Å².